The molecular weight excluding hydrogens is 316 g/mol. The van der Waals surface area contributed by atoms with Crippen molar-refractivity contribution in [3.8, 4) is 5.75 Å². The first-order chi connectivity index (χ1) is 12.2. The van der Waals surface area contributed by atoms with Gasteiger partial charge in [-0.3, -0.25) is 9.89 Å². The van der Waals surface area contributed by atoms with Crippen molar-refractivity contribution < 1.29 is 9.47 Å². The van der Waals surface area contributed by atoms with Gasteiger partial charge in [0.1, 0.15) is 5.75 Å². The number of hydrogen-bond donors (Lipinski definition) is 1. The van der Waals surface area contributed by atoms with Gasteiger partial charge in [0, 0.05) is 46.9 Å². The number of nitrogens with zero attached hydrogens (tertiary/aromatic N) is 3. The SMILES string of the molecule is CN=C(NCC1CCCN1CCOC)N(C)Cc1ccc(OC)cc1. The van der Waals surface area contributed by atoms with Crippen molar-refractivity contribution in [3.63, 3.8) is 0 Å². The summed E-state index contributed by atoms with van der Waals surface area (Å²) in [7, 11) is 7.35. The van der Waals surface area contributed by atoms with Crippen LogP contribution in [0.25, 0.3) is 0 Å². The molecule has 2 rings (SSSR count). The molecule has 0 bridgehead atoms. The summed E-state index contributed by atoms with van der Waals surface area (Å²) in [6.07, 6.45) is 2.49. The van der Waals surface area contributed by atoms with Crippen LogP contribution in [0.1, 0.15) is 18.4 Å². The second-order valence-corrected chi connectivity index (χ2v) is 6.46. The van der Waals surface area contributed by atoms with Crippen LogP contribution in [0.4, 0.5) is 0 Å². The molecule has 6 heteroatoms. The van der Waals surface area contributed by atoms with Crippen molar-refractivity contribution >= 4 is 5.96 Å². The van der Waals surface area contributed by atoms with Crippen molar-refractivity contribution in [3.05, 3.63) is 29.8 Å². The van der Waals surface area contributed by atoms with Gasteiger partial charge in [0.2, 0.25) is 0 Å². The van der Waals surface area contributed by atoms with E-state index < -0.39 is 0 Å². The van der Waals surface area contributed by atoms with Crippen LogP contribution >= 0.6 is 0 Å². The van der Waals surface area contributed by atoms with Gasteiger partial charge in [-0.05, 0) is 37.1 Å². The van der Waals surface area contributed by atoms with Crippen molar-refractivity contribution in [1.29, 1.82) is 0 Å². The Labute approximate surface area is 151 Å². The predicted octanol–water partition coefficient (Wildman–Crippen LogP) is 1.81. The normalized spacial score (nSPS) is 18.4. The van der Waals surface area contributed by atoms with Crippen LogP contribution in [0.15, 0.2) is 29.3 Å². The maximum Gasteiger partial charge on any atom is 0.193 e. The van der Waals surface area contributed by atoms with Gasteiger partial charge in [0.25, 0.3) is 0 Å². The number of methoxy groups -OCH3 is 2. The Morgan fingerprint density at radius 3 is 2.72 bits per heavy atom. The Hall–Kier alpha value is -1.79. The van der Waals surface area contributed by atoms with Gasteiger partial charge >= 0.3 is 0 Å². The van der Waals surface area contributed by atoms with Gasteiger partial charge < -0.3 is 19.7 Å². The summed E-state index contributed by atoms with van der Waals surface area (Å²) < 4.78 is 10.4. The third kappa shape index (κ3) is 5.90. The minimum absolute atomic E-state index is 0.557. The zero-order valence-electron chi connectivity index (χ0n) is 16.0. The van der Waals surface area contributed by atoms with E-state index in [4.69, 9.17) is 9.47 Å². The van der Waals surface area contributed by atoms with E-state index >= 15 is 0 Å². The maximum atomic E-state index is 5.22. The average molecular weight is 348 g/mol. The van der Waals surface area contributed by atoms with Crippen molar-refractivity contribution in [2.75, 3.05) is 54.6 Å². The highest BCUT2D eigenvalue weighted by Gasteiger charge is 2.24. The molecule has 1 aromatic carbocycles. The molecule has 1 N–H and O–H groups in total. The Balaban J connectivity index is 1.84. The minimum atomic E-state index is 0.557. The van der Waals surface area contributed by atoms with Gasteiger partial charge in [0.05, 0.1) is 13.7 Å². The average Bonchev–Trinajstić information content (AvgIpc) is 3.08. The highest BCUT2D eigenvalue weighted by Crippen LogP contribution is 2.16. The summed E-state index contributed by atoms with van der Waals surface area (Å²) in [6, 6.07) is 8.72. The summed E-state index contributed by atoms with van der Waals surface area (Å²) in [6.45, 7) is 4.69. The lowest BCUT2D eigenvalue weighted by molar-refractivity contribution is 0.141. The molecule has 6 nitrogen and oxygen atoms in total. The summed E-state index contributed by atoms with van der Waals surface area (Å²) in [5.41, 5.74) is 1.23. The molecule has 140 valence electrons. The number of aliphatic imine (C=N–C) groups is 1. The molecule has 1 heterocycles. The molecule has 0 aliphatic carbocycles. The summed E-state index contributed by atoms with van der Waals surface area (Å²) in [5.74, 6) is 1.81. The van der Waals surface area contributed by atoms with E-state index in [0.29, 0.717) is 6.04 Å². The number of nitrogens with one attached hydrogen (secondary N) is 1. The van der Waals surface area contributed by atoms with Crippen LogP contribution in [-0.4, -0.2) is 76.4 Å². The molecule has 1 atom stereocenters. The summed E-state index contributed by atoms with van der Waals surface area (Å²) in [4.78, 5) is 9.09. The number of guanidine groups is 1. The lowest BCUT2D eigenvalue weighted by Crippen LogP contribution is -2.45. The quantitative estimate of drug-likeness (QED) is 0.574. The van der Waals surface area contributed by atoms with E-state index in [2.05, 4.69) is 39.3 Å². The molecule has 1 aliphatic heterocycles. The topological polar surface area (TPSA) is 49.3 Å². The van der Waals surface area contributed by atoms with Crippen LogP contribution in [0.5, 0.6) is 5.75 Å². The Bertz CT molecular complexity index is 533. The highest BCUT2D eigenvalue weighted by atomic mass is 16.5. The van der Waals surface area contributed by atoms with Crippen molar-refractivity contribution in [2.45, 2.75) is 25.4 Å². The third-order valence-electron chi connectivity index (χ3n) is 4.73. The fourth-order valence-corrected chi connectivity index (χ4v) is 3.30. The number of likely N-dealkylation sites (tertiary alicyclic amines) is 1. The molecule has 0 aromatic heterocycles. The highest BCUT2D eigenvalue weighted by molar-refractivity contribution is 5.79. The Morgan fingerprint density at radius 2 is 2.08 bits per heavy atom. The summed E-state index contributed by atoms with van der Waals surface area (Å²) >= 11 is 0. The van der Waals surface area contributed by atoms with Crippen molar-refractivity contribution in [1.82, 2.24) is 15.1 Å². The smallest absolute Gasteiger partial charge is 0.193 e. The second kappa shape index (κ2) is 10.3. The molecule has 1 fully saturated rings. The van der Waals surface area contributed by atoms with Crippen LogP contribution in [0.2, 0.25) is 0 Å². The monoisotopic (exact) mass is 348 g/mol. The van der Waals surface area contributed by atoms with Crippen molar-refractivity contribution in [2.24, 2.45) is 4.99 Å². The number of rotatable bonds is 8. The first-order valence-corrected chi connectivity index (χ1v) is 8.95. The van der Waals surface area contributed by atoms with Gasteiger partial charge in [-0.15, -0.1) is 0 Å². The summed E-state index contributed by atoms with van der Waals surface area (Å²) in [5, 5.41) is 3.53. The number of ether oxygens (including phenoxy) is 2. The van der Waals surface area contributed by atoms with E-state index in [1.54, 1.807) is 14.2 Å². The Morgan fingerprint density at radius 1 is 1.32 bits per heavy atom. The molecule has 0 amide bonds. The predicted molar refractivity (Wildman–Crippen MR) is 102 cm³/mol. The second-order valence-electron chi connectivity index (χ2n) is 6.46. The third-order valence-corrected chi connectivity index (χ3v) is 4.73. The van der Waals surface area contributed by atoms with Crippen LogP contribution in [0.3, 0.4) is 0 Å². The van der Waals surface area contributed by atoms with Gasteiger partial charge in [0.15, 0.2) is 5.96 Å². The molecule has 1 unspecified atom stereocenters. The van der Waals surface area contributed by atoms with Gasteiger partial charge in [-0.1, -0.05) is 12.1 Å². The van der Waals surface area contributed by atoms with E-state index in [-0.39, 0.29) is 0 Å². The largest absolute Gasteiger partial charge is 0.497 e. The number of benzene rings is 1. The lowest BCUT2D eigenvalue weighted by Gasteiger charge is -2.27. The maximum absolute atomic E-state index is 5.22. The van der Waals surface area contributed by atoms with Gasteiger partial charge in [-0.25, -0.2) is 0 Å². The lowest BCUT2D eigenvalue weighted by atomic mass is 10.2. The molecule has 0 saturated carbocycles. The molecule has 25 heavy (non-hydrogen) atoms. The first-order valence-electron chi connectivity index (χ1n) is 8.95. The molecule has 0 radical (unpaired) electrons. The van der Waals surface area contributed by atoms with E-state index in [9.17, 15) is 0 Å². The number of hydrogen-bond acceptors (Lipinski definition) is 4. The molecule has 1 saturated heterocycles. The molecule has 0 spiro atoms. The minimum Gasteiger partial charge on any atom is -0.497 e. The molecular formula is C19H32N4O2. The fraction of sp³-hybridized carbons (Fsp3) is 0.632. The standard InChI is InChI=1S/C19H32N4O2/c1-20-19(21-14-17-6-5-11-23(17)12-13-24-3)22(2)15-16-7-9-18(25-4)10-8-16/h7-10,17H,5-6,11-15H2,1-4H3,(H,20,21). The van der Waals surface area contributed by atoms with Crippen LogP contribution in [-0.2, 0) is 11.3 Å². The molecule has 1 aliphatic rings. The zero-order valence-corrected chi connectivity index (χ0v) is 16.0. The van der Waals surface area contributed by atoms with Crippen LogP contribution < -0.4 is 10.1 Å². The fourth-order valence-electron chi connectivity index (χ4n) is 3.30. The first kappa shape index (κ1) is 19.5. The van der Waals surface area contributed by atoms with E-state index in [1.807, 2.05) is 19.2 Å². The van der Waals surface area contributed by atoms with Crippen LogP contribution in [0, 0.1) is 0 Å². The van der Waals surface area contributed by atoms with E-state index in [1.165, 1.54) is 18.4 Å². The van der Waals surface area contributed by atoms with Gasteiger partial charge in [-0.2, -0.15) is 0 Å². The zero-order chi connectivity index (χ0) is 18.1. The molecule has 1 aromatic rings. The van der Waals surface area contributed by atoms with E-state index in [0.717, 1.165) is 44.5 Å². The Kier molecular flexibility index (Phi) is 8.01.